The van der Waals surface area contributed by atoms with Crippen LogP contribution in [0.25, 0.3) is 0 Å². The van der Waals surface area contributed by atoms with Crippen LogP contribution in [0, 0.1) is 3.57 Å². The van der Waals surface area contributed by atoms with E-state index in [1.165, 1.54) is 6.26 Å². The zero-order valence-corrected chi connectivity index (χ0v) is 14.0. The fourth-order valence-electron chi connectivity index (χ4n) is 1.45. The Bertz CT molecular complexity index is 531. The topological polar surface area (TPSA) is 72.0 Å². The van der Waals surface area contributed by atoms with Crippen molar-refractivity contribution in [3.63, 3.8) is 0 Å². The SMILES string of the molecule is CCCc1nc(C(C)S(C)(=O)=O)nc(NC)c1I. The van der Waals surface area contributed by atoms with Crippen LogP contribution in [0.15, 0.2) is 0 Å². The molecular formula is C11H18IN3O2S. The third kappa shape index (κ3) is 3.53. The number of sulfone groups is 1. The molecule has 0 aliphatic heterocycles. The second-order valence-electron chi connectivity index (χ2n) is 4.16. The van der Waals surface area contributed by atoms with E-state index in [0.717, 1.165) is 22.1 Å². The van der Waals surface area contributed by atoms with Crippen molar-refractivity contribution in [2.24, 2.45) is 0 Å². The first-order chi connectivity index (χ1) is 8.31. The highest BCUT2D eigenvalue weighted by atomic mass is 127. The number of halogens is 1. The van der Waals surface area contributed by atoms with Crippen LogP contribution >= 0.6 is 22.6 Å². The minimum Gasteiger partial charge on any atom is -0.372 e. The van der Waals surface area contributed by atoms with Crippen LogP contribution in [-0.4, -0.2) is 31.7 Å². The Labute approximate surface area is 122 Å². The van der Waals surface area contributed by atoms with Crippen molar-refractivity contribution in [1.82, 2.24) is 9.97 Å². The van der Waals surface area contributed by atoms with Gasteiger partial charge in [-0.15, -0.1) is 0 Å². The molecular weight excluding hydrogens is 365 g/mol. The van der Waals surface area contributed by atoms with Crippen molar-refractivity contribution < 1.29 is 8.42 Å². The number of anilines is 1. The summed E-state index contributed by atoms with van der Waals surface area (Å²) in [5.41, 5.74) is 0.906. The molecule has 0 saturated carbocycles. The van der Waals surface area contributed by atoms with Gasteiger partial charge < -0.3 is 5.32 Å². The van der Waals surface area contributed by atoms with E-state index in [9.17, 15) is 8.42 Å². The van der Waals surface area contributed by atoms with Crippen molar-refractivity contribution in [3.8, 4) is 0 Å². The van der Waals surface area contributed by atoms with Crippen molar-refractivity contribution in [1.29, 1.82) is 0 Å². The predicted molar refractivity (Wildman–Crippen MR) is 81.5 cm³/mol. The lowest BCUT2D eigenvalue weighted by atomic mass is 10.2. The zero-order chi connectivity index (χ0) is 13.9. The molecule has 1 unspecified atom stereocenters. The fraction of sp³-hybridized carbons (Fsp3) is 0.636. The Morgan fingerprint density at radius 3 is 2.44 bits per heavy atom. The third-order valence-electron chi connectivity index (χ3n) is 2.67. The van der Waals surface area contributed by atoms with Crippen molar-refractivity contribution in [3.05, 3.63) is 15.1 Å². The summed E-state index contributed by atoms with van der Waals surface area (Å²) in [4.78, 5) is 8.69. The summed E-state index contributed by atoms with van der Waals surface area (Å²) >= 11 is 2.19. The summed E-state index contributed by atoms with van der Waals surface area (Å²) < 4.78 is 24.1. The molecule has 0 aliphatic carbocycles. The van der Waals surface area contributed by atoms with Crippen LogP contribution in [0.2, 0.25) is 0 Å². The molecule has 1 aromatic heterocycles. The van der Waals surface area contributed by atoms with Crippen LogP contribution in [0.5, 0.6) is 0 Å². The molecule has 1 heterocycles. The summed E-state index contributed by atoms with van der Waals surface area (Å²) in [5, 5.41) is 2.30. The quantitative estimate of drug-likeness (QED) is 0.790. The molecule has 102 valence electrons. The van der Waals surface area contributed by atoms with Gasteiger partial charge in [-0.05, 0) is 35.9 Å². The number of nitrogens with zero attached hydrogens (tertiary/aromatic N) is 2. The molecule has 5 nitrogen and oxygen atoms in total. The van der Waals surface area contributed by atoms with Crippen molar-refractivity contribution in [2.45, 2.75) is 31.9 Å². The lowest BCUT2D eigenvalue weighted by molar-refractivity contribution is 0.588. The second-order valence-corrected chi connectivity index (χ2v) is 7.61. The van der Waals surface area contributed by atoms with Gasteiger partial charge in [-0.1, -0.05) is 13.3 Å². The Morgan fingerprint density at radius 2 is 2.00 bits per heavy atom. The second kappa shape index (κ2) is 6.14. The summed E-state index contributed by atoms with van der Waals surface area (Å²) in [6.45, 7) is 3.68. The first-order valence-electron chi connectivity index (χ1n) is 5.74. The Balaban J connectivity index is 3.34. The van der Waals surface area contributed by atoms with Gasteiger partial charge in [0.15, 0.2) is 9.84 Å². The molecule has 0 radical (unpaired) electrons. The molecule has 0 bridgehead atoms. The average Bonchev–Trinajstić information content (AvgIpc) is 2.30. The number of aromatic nitrogens is 2. The number of rotatable bonds is 5. The van der Waals surface area contributed by atoms with Gasteiger partial charge in [0.2, 0.25) is 0 Å². The van der Waals surface area contributed by atoms with E-state index >= 15 is 0 Å². The molecule has 0 spiro atoms. The van der Waals surface area contributed by atoms with Gasteiger partial charge in [0.25, 0.3) is 0 Å². The largest absolute Gasteiger partial charge is 0.372 e. The maximum Gasteiger partial charge on any atom is 0.157 e. The van der Waals surface area contributed by atoms with Crippen LogP contribution in [0.4, 0.5) is 5.82 Å². The summed E-state index contributed by atoms with van der Waals surface area (Å²) in [6, 6.07) is 0. The van der Waals surface area contributed by atoms with Crippen molar-refractivity contribution in [2.75, 3.05) is 18.6 Å². The normalized spacial score (nSPS) is 13.4. The molecule has 0 saturated heterocycles. The zero-order valence-electron chi connectivity index (χ0n) is 11.0. The highest BCUT2D eigenvalue weighted by molar-refractivity contribution is 14.1. The summed E-state index contributed by atoms with van der Waals surface area (Å²) in [5.74, 6) is 1.06. The van der Waals surface area contributed by atoms with Gasteiger partial charge in [-0.3, -0.25) is 0 Å². The molecule has 18 heavy (non-hydrogen) atoms. The highest BCUT2D eigenvalue weighted by Gasteiger charge is 2.22. The number of hydrogen-bond acceptors (Lipinski definition) is 5. The lowest BCUT2D eigenvalue weighted by Crippen LogP contribution is -2.15. The molecule has 1 N–H and O–H groups in total. The number of aryl methyl sites for hydroxylation is 1. The van der Waals surface area contributed by atoms with Gasteiger partial charge in [0.05, 0.1) is 9.26 Å². The molecule has 0 aliphatic rings. The Morgan fingerprint density at radius 1 is 1.39 bits per heavy atom. The standard InChI is InChI=1S/C11H18IN3O2S/c1-5-6-8-9(12)11(13-3)15-10(14-8)7(2)18(4,16)17/h7H,5-6H2,1-4H3,(H,13,14,15). The average molecular weight is 383 g/mol. The van der Waals surface area contributed by atoms with Crippen LogP contribution in [-0.2, 0) is 16.3 Å². The molecule has 1 aromatic rings. The maximum atomic E-state index is 11.6. The number of nitrogens with one attached hydrogen (secondary N) is 1. The van der Waals surface area contributed by atoms with E-state index in [2.05, 4.69) is 44.8 Å². The van der Waals surface area contributed by atoms with Gasteiger partial charge in [-0.25, -0.2) is 18.4 Å². The van der Waals surface area contributed by atoms with Crippen LogP contribution in [0.3, 0.4) is 0 Å². The Hall–Kier alpha value is -0.440. The molecule has 7 heteroatoms. The molecule has 1 rings (SSSR count). The van der Waals surface area contributed by atoms with E-state index in [4.69, 9.17) is 0 Å². The number of hydrogen-bond donors (Lipinski definition) is 1. The van der Waals surface area contributed by atoms with Crippen molar-refractivity contribution >= 4 is 38.2 Å². The molecule has 0 aromatic carbocycles. The van der Waals surface area contributed by atoms with Gasteiger partial charge in [-0.2, -0.15) is 0 Å². The molecule has 0 fully saturated rings. The predicted octanol–water partition coefficient (Wildman–Crippen LogP) is 2.18. The van der Waals surface area contributed by atoms with E-state index in [1.54, 1.807) is 14.0 Å². The van der Waals surface area contributed by atoms with E-state index < -0.39 is 15.1 Å². The van der Waals surface area contributed by atoms with Gasteiger partial charge in [0.1, 0.15) is 16.9 Å². The molecule has 1 atom stereocenters. The molecule has 0 amide bonds. The maximum absolute atomic E-state index is 11.6. The minimum absolute atomic E-state index is 0.366. The highest BCUT2D eigenvalue weighted by Crippen LogP contribution is 2.25. The minimum atomic E-state index is -3.18. The Kier molecular flexibility index (Phi) is 5.32. The van der Waals surface area contributed by atoms with E-state index in [1.807, 2.05) is 0 Å². The van der Waals surface area contributed by atoms with Crippen LogP contribution < -0.4 is 5.32 Å². The first kappa shape index (κ1) is 15.6. The summed E-state index contributed by atoms with van der Waals surface area (Å²) in [7, 11) is -1.41. The fourth-order valence-corrected chi connectivity index (χ4v) is 2.72. The summed E-state index contributed by atoms with van der Waals surface area (Å²) in [6.07, 6.45) is 2.99. The van der Waals surface area contributed by atoms with Gasteiger partial charge in [0, 0.05) is 13.3 Å². The van der Waals surface area contributed by atoms with Crippen LogP contribution in [0.1, 0.15) is 37.0 Å². The first-order valence-corrected chi connectivity index (χ1v) is 8.77. The smallest absolute Gasteiger partial charge is 0.157 e. The monoisotopic (exact) mass is 383 g/mol. The van der Waals surface area contributed by atoms with Gasteiger partial charge >= 0.3 is 0 Å². The lowest BCUT2D eigenvalue weighted by Gasteiger charge is -2.14. The van der Waals surface area contributed by atoms with E-state index in [-0.39, 0.29) is 0 Å². The third-order valence-corrected chi connectivity index (χ3v) is 5.30. The van der Waals surface area contributed by atoms with E-state index in [0.29, 0.717) is 11.6 Å².